The van der Waals surface area contributed by atoms with E-state index in [2.05, 4.69) is 0 Å². The SMILES string of the molecule is CC(CCO)C(N)(CCO)CCO. The quantitative estimate of drug-likeness (QED) is 0.435. The van der Waals surface area contributed by atoms with Gasteiger partial charge in [-0.05, 0) is 25.2 Å². The Balaban J connectivity index is 4.18. The van der Waals surface area contributed by atoms with E-state index in [1.54, 1.807) is 0 Å². The van der Waals surface area contributed by atoms with Crippen molar-refractivity contribution in [3.05, 3.63) is 0 Å². The van der Waals surface area contributed by atoms with Gasteiger partial charge >= 0.3 is 0 Å². The third kappa shape index (κ3) is 4.04. The normalized spacial score (nSPS) is 14.5. The Hall–Kier alpha value is -0.160. The minimum atomic E-state index is -0.549. The van der Waals surface area contributed by atoms with Gasteiger partial charge in [0.2, 0.25) is 0 Å². The van der Waals surface area contributed by atoms with Gasteiger partial charge in [0.1, 0.15) is 0 Å². The number of aliphatic hydroxyl groups is 3. The highest BCUT2D eigenvalue weighted by atomic mass is 16.3. The maximum Gasteiger partial charge on any atom is 0.0448 e. The minimum Gasteiger partial charge on any atom is -0.396 e. The minimum absolute atomic E-state index is 0.0201. The highest BCUT2D eigenvalue weighted by Gasteiger charge is 2.30. The van der Waals surface area contributed by atoms with Crippen LogP contribution < -0.4 is 5.73 Å². The second-order valence-electron chi connectivity index (χ2n) is 3.59. The molecule has 0 rings (SSSR count). The number of nitrogens with two attached hydrogens (primary N) is 1. The van der Waals surface area contributed by atoms with Crippen LogP contribution >= 0.6 is 0 Å². The van der Waals surface area contributed by atoms with Crippen LogP contribution in [0.25, 0.3) is 0 Å². The van der Waals surface area contributed by atoms with E-state index in [0.29, 0.717) is 19.3 Å². The maximum absolute atomic E-state index is 8.82. The summed E-state index contributed by atoms with van der Waals surface area (Å²) >= 11 is 0. The molecule has 5 N–H and O–H groups in total. The topological polar surface area (TPSA) is 86.7 Å². The van der Waals surface area contributed by atoms with Crippen molar-refractivity contribution in [2.75, 3.05) is 19.8 Å². The van der Waals surface area contributed by atoms with Gasteiger partial charge in [0, 0.05) is 25.4 Å². The Labute approximate surface area is 79.4 Å². The zero-order valence-corrected chi connectivity index (χ0v) is 8.24. The van der Waals surface area contributed by atoms with Gasteiger partial charge in [0.25, 0.3) is 0 Å². The molecule has 0 aliphatic rings. The Kier molecular flexibility index (Phi) is 6.24. The highest BCUT2D eigenvalue weighted by molar-refractivity contribution is 4.88. The van der Waals surface area contributed by atoms with Crippen LogP contribution in [-0.2, 0) is 0 Å². The standard InChI is InChI=1S/C9H21NO3/c1-8(2-5-11)9(10,3-6-12)4-7-13/h8,11-13H,2-7,10H2,1H3. The van der Waals surface area contributed by atoms with Gasteiger partial charge in [-0.1, -0.05) is 6.92 Å². The van der Waals surface area contributed by atoms with Crippen LogP contribution in [0.1, 0.15) is 26.2 Å². The van der Waals surface area contributed by atoms with Crippen LogP contribution in [0, 0.1) is 5.92 Å². The van der Waals surface area contributed by atoms with Crippen LogP contribution in [0.4, 0.5) is 0 Å². The Morgan fingerprint density at radius 3 is 1.85 bits per heavy atom. The average molecular weight is 191 g/mol. The fraction of sp³-hybridized carbons (Fsp3) is 1.00. The zero-order chi connectivity index (χ0) is 10.3. The smallest absolute Gasteiger partial charge is 0.0448 e. The van der Waals surface area contributed by atoms with Crippen molar-refractivity contribution in [3.8, 4) is 0 Å². The molecule has 13 heavy (non-hydrogen) atoms. The Morgan fingerprint density at radius 1 is 1.08 bits per heavy atom. The van der Waals surface area contributed by atoms with Gasteiger partial charge in [0.15, 0.2) is 0 Å². The van der Waals surface area contributed by atoms with E-state index in [-0.39, 0.29) is 25.7 Å². The lowest BCUT2D eigenvalue weighted by atomic mass is 9.79. The summed E-state index contributed by atoms with van der Waals surface area (Å²) in [6.45, 7) is 2.07. The molecule has 0 aliphatic heterocycles. The highest BCUT2D eigenvalue weighted by Crippen LogP contribution is 2.24. The largest absolute Gasteiger partial charge is 0.396 e. The van der Waals surface area contributed by atoms with E-state index in [1.807, 2.05) is 6.92 Å². The summed E-state index contributed by atoms with van der Waals surface area (Å²) in [6, 6.07) is 0. The van der Waals surface area contributed by atoms with Gasteiger partial charge in [-0.15, -0.1) is 0 Å². The first-order valence-corrected chi connectivity index (χ1v) is 4.72. The van der Waals surface area contributed by atoms with Crippen LogP contribution in [-0.4, -0.2) is 40.7 Å². The lowest BCUT2D eigenvalue weighted by molar-refractivity contribution is 0.132. The average Bonchev–Trinajstić information content (AvgIpc) is 2.05. The molecular formula is C9H21NO3. The zero-order valence-electron chi connectivity index (χ0n) is 8.24. The summed E-state index contributed by atoms with van der Waals surface area (Å²) < 4.78 is 0. The van der Waals surface area contributed by atoms with Crippen molar-refractivity contribution in [3.63, 3.8) is 0 Å². The van der Waals surface area contributed by atoms with Gasteiger partial charge in [-0.25, -0.2) is 0 Å². The van der Waals surface area contributed by atoms with E-state index >= 15 is 0 Å². The first kappa shape index (κ1) is 12.8. The van der Waals surface area contributed by atoms with Crippen molar-refractivity contribution in [1.82, 2.24) is 0 Å². The summed E-state index contributed by atoms with van der Waals surface area (Å²) in [5, 5.41) is 26.4. The molecule has 0 aromatic heterocycles. The molecule has 0 aromatic carbocycles. The first-order chi connectivity index (χ1) is 6.10. The van der Waals surface area contributed by atoms with Crippen molar-refractivity contribution < 1.29 is 15.3 Å². The van der Waals surface area contributed by atoms with Crippen LogP contribution in [0.3, 0.4) is 0 Å². The van der Waals surface area contributed by atoms with Gasteiger partial charge in [-0.3, -0.25) is 0 Å². The third-order valence-corrected chi connectivity index (χ3v) is 2.70. The van der Waals surface area contributed by atoms with E-state index in [4.69, 9.17) is 21.1 Å². The van der Waals surface area contributed by atoms with Crippen molar-refractivity contribution >= 4 is 0 Å². The number of hydrogen-bond acceptors (Lipinski definition) is 4. The Bertz CT molecular complexity index is 124. The van der Waals surface area contributed by atoms with Gasteiger partial charge in [0.05, 0.1) is 0 Å². The predicted octanol–water partition coefficient (Wildman–Crippen LogP) is -0.533. The molecule has 0 aliphatic carbocycles. The van der Waals surface area contributed by atoms with Crippen LogP contribution in [0.15, 0.2) is 0 Å². The summed E-state index contributed by atoms with van der Waals surface area (Å²) in [7, 11) is 0. The van der Waals surface area contributed by atoms with E-state index < -0.39 is 5.54 Å². The molecule has 0 aromatic rings. The number of aliphatic hydroxyl groups excluding tert-OH is 3. The van der Waals surface area contributed by atoms with Gasteiger partial charge in [-0.2, -0.15) is 0 Å². The molecule has 0 saturated heterocycles. The molecule has 4 nitrogen and oxygen atoms in total. The summed E-state index contributed by atoms with van der Waals surface area (Å²) in [5.74, 6) is 0.108. The molecule has 0 saturated carbocycles. The summed E-state index contributed by atoms with van der Waals surface area (Å²) in [5.41, 5.74) is 5.47. The molecule has 1 unspecified atom stereocenters. The molecule has 0 spiro atoms. The second kappa shape index (κ2) is 6.32. The van der Waals surface area contributed by atoms with Gasteiger partial charge < -0.3 is 21.1 Å². The molecular weight excluding hydrogens is 170 g/mol. The first-order valence-electron chi connectivity index (χ1n) is 4.72. The van der Waals surface area contributed by atoms with Crippen LogP contribution in [0.5, 0.6) is 0 Å². The molecule has 4 heteroatoms. The maximum atomic E-state index is 8.82. The molecule has 0 heterocycles. The van der Waals surface area contributed by atoms with Crippen molar-refractivity contribution in [1.29, 1.82) is 0 Å². The lowest BCUT2D eigenvalue weighted by Gasteiger charge is -2.34. The molecule has 0 bridgehead atoms. The molecule has 0 radical (unpaired) electrons. The van der Waals surface area contributed by atoms with E-state index in [1.165, 1.54) is 0 Å². The lowest BCUT2D eigenvalue weighted by Crippen LogP contribution is -2.48. The fourth-order valence-corrected chi connectivity index (χ4v) is 1.52. The predicted molar refractivity (Wildman–Crippen MR) is 51.2 cm³/mol. The van der Waals surface area contributed by atoms with E-state index in [9.17, 15) is 0 Å². The molecule has 80 valence electrons. The monoisotopic (exact) mass is 191 g/mol. The molecule has 0 amide bonds. The van der Waals surface area contributed by atoms with E-state index in [0.717, 1.165) is 0 Å². The van der Waals surface area contributed by atoms with Crippen molar-refractivity contribution in [2.45, 2.75) is 31.7 Å². The number of rotatable bonds is 7. The molecule has 0 fully saturated rings. The fourth-order valence-electron chi connectivity index (χ4n) is 1.52. The van der Waals surface area contributed by atoms with Crippen molar-refractivity contribution in [2.24, 2.45) is 11.7 Å². The van der Waals surface area contributed by atoms with Crippen LogP contribution in [0.2, 0.25) is 0 Å². The molecule has 1 atom stereocenters. The third-order valence-electron chi connectivity index (χ3n) is 2.70. The second-order valence-corrected chi connectivity index (χ2v) is 3.59. The number of hydrogen-bond donors (Lipinski definition) is 4. The summed E-state index contributed by atoms with van der Waals surface area (Å²) in [6.07, 6.45) is 1.54. The Morgan fingerprint density at radius 2 is 1.54 bits per heavy atom. The summed E-state index contributed by atoms with van der Waals surface area (Å²) in [4.78, 5) is 0.